The second-order valence-corrected chi connectivity index (χ2v) is 7.95. The second-order valence-electron chi connectivity index (χ2n) is 7.51. The summed E-state index contributed by atoms with van der Waals surface area (Å²) in [6.07, 6.45) is 5.67. The average molecular weight is 429 g/mol. The van der Waals surface area contributed by atoms with E-state index in [0.717, 1.165) is 30.9 Å². The minimum atomic E-state index is -0.0440. The van der Waals surface area contributed by atoms with E-state index in [1.807, 2.05) is 48.1 Å². The molecule has 8 nitrogen and oxygen atoms in total. The number of piperazine rings is 1. The van der Waals surface area contributed by atoms with Crippen molar-refractivity contribution < 1.29 is 9.53 Å². The van der Waals surface area contributed by atoms with Gasteiger partial charge in [-0.3, -0.25) is 14.4 Å². The van der Waals surface area contributed by atoms with Crippen molar-refractivity contribution in [1.29, 1.82) is 0 Å². The lowest BCUT2D eigenvalue weighted by atomic mass is 10.2. The van der Waals surface area contributed by atoms with Gasteiger partial charge in [-0.05, 0) is 36.8 Å². The van der Waals surface area contributed by atoms with Gasteiger partial charge < -0.3 is 9.64 Å². The maximum atomic E-state index is 12.8. The van der Waals surface area contributed by atoms with Crippen molar-refractivity contribution in [1.82, 2.24) is 29.4 Å². The zero-order valence-electron chi connectivity index (χ0n) is 17.2. The molecule has 0 bridgehead atoms. The van der Waals surface area contributed by atoms with E-state index in [-0.39, 0.29) is 12.6 Å². The highest BCUT2D eigenvalue weighted by Gasteiger charge is 2.24. The van der Waals surface area contributed by atoms with Crippen LogP contribution in [0.2, 0.25) is 5.02 Å². The summed E-state index contributed by atoms with van der Waals surface area (Å²) in [5.41, 5.74) is 2.58. The Labute approximate surface area is 180 Å². The predicted octanol–water partition coefficient (Wildman–Crippen LogP) is 2.57. The van der Waals surface area contributed by atoms with Gasteiger partial charge in [0.2, 0.25) is 0 Å². The number of carbonyl (C=O) groups is 1. The lowest BCUT2D eigenvalue weighted by Crippen LogP contribution is -2.48. The van der Waals surface area contributed by atoms with Gasteiger partial charge in [0.25, 0.3) is 5.91 Å². The molecule has 3 heterocycles. The molecule has 1 amide bonds. The molecule has 0 aliphatic carbocycles. The molecular weight excluding hydrogens is 404 g/mol. The zero-order chi connectivity index (χ0) is 21.1. The molecule has 0 saturated carbocycles. The molecule has 0 spiro atoms. The molecule has 2 aromatic heterocycles. The average Bonchev–Trinajstić information content (AvgIpc) is 3.36. The number of nitrogens with zero attached hydrogens (tertiary/aromatic N) is 6. The molecule has 0 unspecified atom stereocenters. The van der Waals surface area contributed by atoms with Gasteiger partial charge in [-0.2, -0.15) is 10.2 Å². The van der Waals surface area contributed by atoms with Crippen LogP contribution in [0, 0.1) is 6.92 Å². The molecule has 1 aliphatic rings. The van der Waals surface area contributed by atoms with Crippen LogP contribution in [-0.2, 0) is 20.3 Å². The standard InChI is InChI=1S/C21H25ClN6O2/c1-16-11-18(22)3-4-20(16)30-15-28-6-5-19(24-28)21(29)27-9-7-26(8-10-27)14-17-12-23-25(2)13-17/h3-6,11-13H,7-10,14-15H2,1-2H3. The maximum Gasteiger partial charge on any atom is 0.274 e. The highest BCUT2D eigenvalue weighted by atomic mass is 35.5. The summed E-state index contributed by atoms with van der Waals surface area (Å²) < 4.78 is 9.23. The van der Waals surface area contributed by atoms with Crippen molar-refractivity contribution in [3.8, 4) is 5.75 Å². The molecule has 1 aromatic carbocycles. The largest absolute Gasteiger partial charge is 0.471 e. The number of halogens is 1. The number of aryl methyl sites for hydroxylation is 2. The monoisotopic (exact) mass is 428 g/mol. The minimum absolute atomic E-state index is 0.0440. The van der Waals surface area contributed by atoms with Crippen molar-refractivity contribution >= 4 is 17.5 Å². The van der Waals surface area contributed by atoms with Crippen molar-refractivity contribution in [2.45, 2.75) is 20.2 Å². The Kier molecular flexibility index (Phi) is 6.06. The molecule has 0 atom stereocenters. The molecular formula is C21H25ClN6O2. The fourth-order valence-corrected chi connectivity index (χ4v) is 3.77. The summed E-state index contributed by atoms with van der Waals surface area (Å²) in [4.78, 5) is 17.0. The van der Waals surface area contributed by atoms with Gasteiger partial charge >= 0.3 is 0 Å². The summed E-state index contributed by atoms with van der Waals surface area (Å²) in [7, 11) is 1.92. The molecule has 0 N–H and O–H groups in total. The normalized spacial score (nSPS) is 14.8. The number of benzene rings is 1. The summed E-state index contributed by atoms with van der Waals surface area (Å²) in [6, 6.07) is 7.21. The predicted molar refractivity (Wildman–Crippen MR) is 113 cm³/mol. The number of aromatic nitrogens is 4. The van der Waals surface area contributed by atoms with E-state index in [1.165, 1.54) is 5.56 Å². The summed E-state index contributed by atoms with van der Waals surface area (Å²) in [5.74, 6) is 0.699. The molecule has 30 heavy (non-hydrogen) atoms. The smallest absolute Gasteiger partial charge is 0.274 e. The van der Waals surface area contributed by atoms with Crippen LogP contribution in [0.15, 0.2) is 42.9 Å². The highest BCUT2D eigenvalue weighted by Crippen LogP contribution is 2.22. The number of hydrogen-bond donors (Lipinski definition) is 0. The Morgan fingerprint density at radius 2 is 2.00 bits per heavy atom. The van der Waals surface area contributed by atoms with Crippen LogP contribution in [0.25, 0.3) is 0 Å². The Hall–Kier alpha value is -2.84. The maximum absolute atomic E-state index is 12.8. The van der Waals surface area contributed by atoms with E-state index in [2.05, 4.69) is 15.1 Å². The highest BCUT2D eigenvalue weighted by molar-refractivity contribution is 6.30. The quantitative estimate of drug-likeness (QED) is 0.603. The Morgan fingerprint density at radius 3 is 2.70 bits per heavy atom. The Morgan fingerprint density at radius 1 is 1.20 bits per heavy atom. The van der Waals surface area contributed by atoms with E-state index in [9.17, 15) is 4.79 Å². The molecule has 9 heteroatoms. The molecule has 158 valence electrons. The first-order chi connectivity index (χ1) is 14.5. The summed E-state index contributed by atoms with van der Waals surface area (Å²) in [5, 5.41) is 9.27. The molecule has 3 aromatic rings. The number of amides is 1. The van der Waals surface area contributed by atoms with Gasteiger partial charge in [-0.15, -0.1) is 0 Å². The van der Waals surface area contributed by atoms with Crippen molar-refractivity contribution in [2.75, 3.05) is 26.2 Å². The van der Waals surface area contributed by atoms with E-state index < -0.39 is 0 Å². The number of rotatable bonds is 6. The molecule has 0 radical (unpaired) electrons. The van der Waals surface area contributed by atoms with Crippen molar-refractivity contribution in [3.63, 3.8) is 0 Å². The molecule has 1 fully saturated rings. The molecule has 1 aliphatic heterocycles. The molecule has 1 saturated heterocycles. The first kappa shape index (κ1) is 20.4. The number of carbonyl (C=O) groups excluding carboxylic acids is 1. The SMILES string of the molecule is Cc1cc(Cl)ccc1OCn1ccc(C(=O)N2CCN(Cc3cnn(C)c3)CC2)n1. The van der Waals surface area contributed by atoms with Gasteiger partial charge in [0.05, 0.1) is 6.20 Å². The lowest BCUT2D eigenvalue weighted by Gasteiger charge is -2.34. The third-order valence-corrected chi connectivity index (χ3v) is 5.41. The lowest BCUT2D eigenvalue weighted by molar-refractivity contribution is 0.0621. The topological polar surface area (TPSA) is 68.4 Å². The van der Waals surface area contributed by atoms with E-state index in [1.54, 1.807) is 23.0 Å². The zero-order valence-corrected chi connectivity index (χ0v) is 17.9. The fourth-order valence-electron chi connectivity index (χ4n) is 3.54. The minimum Gasteiger partial charge on any atom is -0.471 e. The Bertz CT molecular complexity index is 1020. The van der Waals surface area contributed by atoms with Crippen LogP contribution in [0.5, 0.6) is 5.75 Å². The summed E-state index contributed by atoms with van der Waals surface area (Å²) in [6.45, 7) is 6.06. The third-order valence-electron chi connectivity index (χ3n) is 5.17. The van der Waals surface area contributed by atoms with Crippen molar-refractivity contribution in [3.05, 3.63) is 64.7 Å². The molecule has 4 rings (SSSR count). The van der Waals surface area contributed by atoms with Crippen LogP contribution in [0.4, 0.5) is 0 Å². The van der Waals surface area contributed by atoms with E-state index in [4.69, 9.17) is 16.3 Å². The van der Waals surface area contributed by atoms with Crippen LogP contribution in [0.3, 0.4) is 0 Å². The van der Waals surface area contributed by atoms with Gasteiger partial charge in [-0.1, -0.05) is 11.6 Å². The van der Waals surface area contributed by atoms with Gasteiger partial charge in [-0.25, -0.2) is 4.68 Å². The number of hydrogen-bond acceptors (Lipinski definition) is 5. The third kappa shape index (κ3) is 4.83. The van der Waals surface area contributed by atoms with Crippen molar-refractivity contribution in [2.24, 2.45) is 7.05 Å². The van der Waals surface area contributed by atoms with Crippen LogP contribution < -0.4 is 4.74 Å². The first-order valence-corrected chi connectivity index (χ1v) is 10.3. The van der Waals surface area contributed by atoms with Gasteiger partial charge in [0.1, 0.15) is 5.75 Å². The number of ether oxygens (including phenoxy) is 1. The van der Waals surface area contributed by atoms with Crippen LogP contribution in [-0.4, -0.2) is 61.4 Å². The first-order valence-electron chi connectivity index (χ1n) is 9.89. The van der Waals surface area contributed by atoms with Gasteiger partial charge in [0.15, 0.2) is 12.4 Å². The van der Waals surface area contributed by atoms with Gasteiger partial charge in [0, 0.05) is 62.8 Å². The second kappa shape index (κ2) is 8.89. The van der Waals surface area contributed by atoms with Crippen LogP contribution >= 0.6 is 11.6 Å². The van der Waals surface area contributed by atoms with Crippen LogP contribution in [0.1, 0.15) is 21.6 Å². The fraction of sp³-hybridized carbons (Fsp3) is 0.381. The van der Waals surface area contributed by atoms with E-state index >= 15 is 0 Å². The summed E-state index contributed by atoms with van der Waals surface area (Å²) >= 11 is 5.97. The van der Waals surface area contributed by atoms with E-state index in [0.29, 0.717) is 23.8 Å². The Balaban J connectivity index is 1.28.